The third-order valence-corrected chi connectivity index (χ3v) is 2.63. The Labute approximate surface area is 109 Å². The van der Waals surface area contributed by atoms with Crippen molar-refractivity contribution in [1.29, 1.82) is 0 Å². The van der Waals surface area contributed by atoms with Gasteiger partial charge in [0, 0.05) is 6.04 Å². The Morgan fingerprint density at radius 1 is 1.33 bits per heavy atom. The van der Waals surface area contributed by atoms with Crippen molar-refractivity contribution in [2.45, 2.75) is 32.7 Å². The van der Waals surface area contributed by atoms with E-state index in [0.717, 1.165) is 6.42 Å². The van der Waals surface area contributed by atoms with Gasteiger partial charge in [-0.3, -0.25) is 0 Å². The van der Waals surface area contributed by atoms with Gasteiger partial charge in [0.05, 0.1) is 5.02 Å². The summed E-state index contributed by atoms with van der Waals surface area (Å²) < 4.78 is 39.9. The Morgan fingerprint density at radius 2 is 1.94 bits per heavy atom. The van der Waals surface area contributed by atoms with Crippen molar-refractivity contribution in [3.05, 3.63) is 28.8 Å². The second-order valence-electron chi connectivity index (χ2n) is 4.47. The minimum Gasteiger partial charge on any atom is -0.404 e. The van der Waals surface area contributed by atoms with Crippen LogP contribution in [-0.4, -0.2) is 6.36 Å². The molecule has 0 radical (unpaired) electrons. The van der Waals surface area contributed by atoms with Crippen LogP contribution in [0.5, 0.6) is 5.75 Å². The van der Waals surface area contributed by atoms with Gasteiger partial charge in [-0.05, 0) is 30.0 Å². The van der Waals surface area contributed by atoms with Crippen molar-refractivity contribution < 1.29 is 17.9 Å². The standard InChI is InChI=1S/C12H15ClF3NO/c1-7(2)5-10(17)8-3-4-11(9(13)6-8)18-12(14,15)16/h3-4,6-7,10H,5,17H2,1-2H3/t10-/m1/s1. The molecule has 2 nitrogen and oxygen atoms in total. The summed E-state index contributed by atoms with van der Waals surface area (Å²) in [6.45, 7) is 4.03. The monoisotopic (exact) mass is 281 g/mol. The van der Waals surface area contributed by atoms with Crippen LogP contribution < -0.4 is 10.5 Å². The normalized spacial score (nSPS) is 13.8. The van der Waals surface area contributed by atoms with Crippen LogP contribution in [0.1, 0.15) is 31.9 Å². The van der Waals surface area contributed by atoms with Crippen molar-refractivity contribution in [2.24, 2.45) is 11.7 Å². The zero-order chi connectivity index (χ0) is 13.9. The number of halogens is 4. The third kappa shape index (κ3) is 4.74. The summed E-state index contributed by atoms with van der Waals surface area (Å²) in [4.78, 5) is 0. The predicted octanol–water partition coefficient (Wildman–Crippen LogP) is 4.28. The molecule has 0 bridgehead atoms. The molecule has 1 rings (SSSR count). The van der Waals surface area contributed by atoms with E-state index in [-0.39, 0.29) is 11.1 Å². The molecule has 6 heteroatoms. The first kappa shape index (κ1) is 15.1. The lowest BCUT2D eigenvalue weighted by atomic mass is 9.98. The summed E-state index contributed by atoms with van der Waals surface area (Å²) in [5.41, 5.74) is 6.62. The first-order chi connectivity index (χ1) is 8.19. The van der Waals surface area contributed by atoms with Crippen molar-refractivity contribution in [1.82, 2.24) is 0 Å². The van der Waals surface area contributed by atoms with E-state index in [0.29, 0.717) is 11.5 Å². The summed E-state index contributed by atoms with van der Waals surface area (Å²) in [6, 6.07) is 3.85. The summed E-state index contributed by atoms with van der Waals surface area (Å²) in [5, 5.41) is -0.0935. The van der Waals surface area contributed by atoms with Crippen LogP contribution in [0.4, 0.5) is 13.2 Å². The molecule has 0 saturated carbocycles. The minimum absolute atomic E-state index is 0.0935. The summed E-state index contributed by atoms with van der Waals surface area (Å²) in [5.74, 6) is -0.0189. The summed E-state index contributed by atoms with van der Waals surface area (Å²) in [7, 11) is 0. The highest BCUT2D eigenvalue weighted by atomic mass is 35.5. The molecule has 1 atom stereocenters. The van der Waals surface area contributed by atoms with Crippen LogP contribution in [0.15, 0.2) is 18.2 Å². The second kappa shape index (κ2) is 5.80. The van der Waals surface area contributed by atoms with Gasteiger partial charge in [0.2, 0.25) is 0 Å². The molecule has 0 heterocycles. The first-order valence-electron chi connectivity index (χ1n) is 5.50. The maximum Gasteiger partial charge on any atom is 0.573 e. The molecule has 0 spiro atoms. The van der Waals surface area contributed by atoms with E-state index in [4.69, 9.17) is 17.3 Å². The fourth-order valence-corrected chi connectivity index (χ4v) is 1.83. The van der Waals surface area contributed by atoms with E-state index >= 15 is 0 Å². The van der Waals surface area contributed by atoms with Crippen molar-refractivity contribution >= 4 is 11.6 Å². The van der Waals surface area contributed by atoms with Crippen LogP contribution >= 0.6 is 11.6 Å². The Morgan fingerprint density at radius 3 is 2.39 bits per heavy atom. The van der Waals surface area contributed by atoms with Crippen molar-refractivity contribution in [2.75, 3.05) is 0 Å². The molecular formula is C12H15ClF3NO. The van der Waals surface area contributed by atoms with Gasteiger partial charge in [-0.15, -0.1) is 13.2 Å². The molecule has 2 N–H and O–H groups in total. The smallest absolute Gasteiger partial charge is 0.404 e. The quantitative estimate of drug-likeness (QED) is 0.894. The zero-order valence-corrected chi connectivity index (χ0v) is 10.8. The van der Waals surface area contributed by atoms with Gasteiger partial charge in [-0.1, -0.05) is 31.5 Å². The van der Waals surface area contributed by atoms with E-state index in [1.54, 1.807) is 0 Å². The van der Waals surface area contributed by atoms with Gasteiger partial charge < -0.3 is 10.5 Å². The Kier molecular flexibility index (Phi) is 4.87. The highest BCUT2D eigenvalue weighted by Crippen LogP contribution is 2.32. The van der Waals surface area contributed by atoms with E-state index in [1.165, 1.54) is 18.2 Å². The Balaban J connectivity index is 2.85. The van der Waals surface area contributed by atoms with Gasteiger partial charge >= 0.3 is 6.36 Å². The molecule has 1 aromatic carbocycles. The van der Waals surface area contributed by atoms with Crippen LogP contribution in [0.2, 0.25) is 5.02 Å². The van der Waals surface area contributed by atoms with Gasteiger partial charge in [0.25, 0.3) is 0 Å². The third-order valence-electron chi connectivity index (χ3n) is 2.34. The average Bonchev–Trinajstić information content (AvgIpc) is 2.18. The predicted molar refractivity (Wildman–Crippen MR) is 64.5 cm³/mol. The molecular weight excluding hydrogens is 267 g/mol. The van der Waals surface area contributed by atoms with E-state index in [9.17, 15) is 13.2 Å². The Hall–Kier alpha value is -0.940. The maximum atomic E-state index is 12.0. The summed E-state index contributed by atoms with van der Waals surface area (Å²) >= 11 is 5.74. The lowest BCUT2D eigenvalue weighted by Gasteiger charge is -2.16. The molecule has 0 aliphatic heterocycles. The molecule has 0 saturated heterocycles. The lowest BCUT2D eigenvalue weighted by Crippen LogP contribution is -2.18. The fraction of sp³-hybridized carbons (Fsp3) is 0.500. The molecule has 0 aliphatic rings. The van der Waals surface area contributed by atoms with Crippen LogP contribution in [-0.2, 0) is 0 Å². The number of rotatable bonds is 4. The van der Waals surface area contributed by atoms with Gasteiger partial charge in [0.15, 0.2) is 0 Å². The Bertz CT molecular complexity index is 407. The average molecular weight is 282 g/mol. The number of nitrogens with two attached hydrogens (primary N) is 1. The second-order valence-corrected chi connectivity index (χ2v) is 4.88. The molecule has 102 valence electrons. The van der Waals surface area contributed by atoms with Crippen molar-refractivity contribution in [3.63, 3.8) is 0 Å². The molecule has 0 amide bonds. The number of hydrogen-bond donors (Lipinski definition) is 1. The number of ether oxygens (including phenoxy) is 1. The molecule has 0 aliphatic carbocycles. The molecule has 0 unspecified atom stereocenters. The van der Waals surface area contributed by atoms with Gasteiger partial charge in [-0.2, -0.15) is 0 Å². The first-order valence-corrected chi connectivity index (χ1v) is 5.87. The zero-order valence-electron chi connectivity index (χ0n) is 10.1. The highest BCUT2D eigenvalue weighted by Gasteiger charge is 2.32. The van der Waals surface area contributed by atoms with E-state index in [2.05, 4.69) is 4.74 Å². The minimum atomic E-state index is -4.74. The van der Waals surface area contributed by atoms with E-state index < -0.39 is 12.1 Å². The van der Waals surface area contributed by atoms with Crippen LogP contribution in [0.3, 0.4) is 0 Å². The molecule has 0 fully saturated rings. The van der Waals surface area contributed by atoms with Crippen LogP contribution in [0.25, 0.3) is 0 Å². The van der Waals surface area contributed by atoms with Gasteiger partial charge in [-0.25, -0.2) is 0 Å². The SMILES string of the molecule is CC(C)C[C@@H](N)c1ccc(OC(F)(F)F)c(Cl)c1. The lowest BCUT2D eigenvalue weighted by molar-refractivity contribution is -0.274. The number of hydrogen-bond acceptors (Lipinski definition) is 2. The maximum absolute atomic E-state index is 12.0. The molecule has 1 aromatic rings. The topological polar surface area (TPSA) is 35.2 Å². The fourth-order valence-electron chi connectivity index (χ4n) is 1.60. The van der Waals surface area contributed by atoms with E-state index in [1.807, 2.05) is 13.8 Å². The summed E-state index contributed by atoms with van der Waals surface area (Å²) in [6.07, 6.45) is -4.01. The number of alkyl halides is 3. The number of benzene rings is 1. The molecule has 18 heavy (non-hydrogen) atoms. The van der Waals surface area contributed by atoms with Crippen LogP contribution in [0, 0.1) is 5.92 Å². The van der Waals surface area contributed by atoms with Crippen molar-refractivity contribution in [3.8, 4) is 5.75 Å². The highest BCUT2D eigenvalue weighted by molar-refractivity contribution is 6.32. The van der Waals surface area contributed by atoms with Gasteiger partial charge in [0.1, 0.15) is 5.75 Å². The molecule has 0 aromatic heterocycles. The largest absolute Gasteiger partial charge is 0.573 e.